The number of hydrogen-bond donors (Lipinski definition) is 2. The number of nitrogens with zero attached hydrogens (tertiary/aromatic N) is 1. The second kappa shape index (κ2) is 7.05. The summed E-state index contributed by atoms with van der Waals surface area (Å²) in [4.78, 5) is 2.42. The molecule has 0 aliphatic heterocycles. The number of nitrogens with two attached hydrogens (primary N) is 1. The Morgan fingerprint density at radius 2 is 2.19 bits per heavy atom. The van der Waals surface area contributed by atoms with Crippen LogP contribution in [0.1, 0.15) is 18.4 Å². The van der Waals surface area contributed by atoms with Gasteiger partial charge in [0.1, 0.15) is 0 Å². The SMILES string of the molecule is CN(CCNS(=O)(=O)c1cccc(C#CCN)c1)C1CC1. The van der Waals surface area contributed by atoms with Crippen molar-refractivity contribution in [1.82, 2.24) is 9.62 Å². The molecule has 6 heteroatoms. The smallest absolute Gasteiger partial charge is 0.240 e. The quantitative estimate of drug-likeness (QED) is 0.745. The molecular weight excluding hydrogens is 286 g/mol. The number of hydrogen-bond acceptors (Lipinski definition) is 4. The van der Waals surface area contributed by atoms with Gasteiger partial charge in [-0.25, -0.2) is 13.1 Å². The normalized spacial score (nSPS) is 14.8. The number of likely N-dealkylation sites (N-methyl/N-ethyl adjacent to an activating group) is 1. The topological polar surface area (TPSA) is 75.4 Å². The Morgan fingerprint density at radius 1 is 1.43 bits per heavy atom. The zero-order chi connectivity index (χ0) is 15.3. The Kier molecular flexibility index (Phi) is 5.37. The van der Waals surface area contributed by atoms with Crippen molar-refractivity contribution in [3.05, 3.63) is 29.8 Å². The Balaban J connectivity index is 1.97. The van der Waals surface area contributed by atoms with Gasteiger partial charge in [-0.3, -0.25) is 0 Å². The van der Waals surface area contributed by atoms with Crippen molar-refractivity contribution in [3.8, 4) is 11.8 Å². The number of benzene rings is 1. The molecule has 0 heterocycles. The predicted molar refractivity (Wildman–Crippen MR) is 83.2 cm³/mol. The molecule has 0 unspecified atom stereocenters. The predicted octanol–water partition coefficient (Wildman–Crippen LogP) is 0.369. The molecule has 0 spiro atoms. The molecule has 5 nitrogen and oxygen atoms in total. The molecule has 1 saturated carbocycles. The van der Waals surface area contributed by atoms with Gasteiger partial charge in [-0.1, -0.05) is 17.9 Å². The molecule has 3 N–H and O–H groups in total. The van der Waals surface area contributed by atoms with Crippen LogP contribution in [-0.2, 0) is 10.0 Å². The largest absolute Gasteiger partial charge is 0.320 e. The number of rotatable bonds is 6. The van der Waals surface area contributed by atoms with E-state index < -0.39 is 10.0 Å². The van der Waals surface area contributed by atoms with Crippen molar-refractivity contribution in [3.63, 3.8) is 0 Å². The molecule has 0 amide bonds. The van der Waals surface area contributed by atoms with E-state index in [2.05, 4.69) is 21.5 Å². The highest BCUT2D eigenvalue weighted by Crippen LogP contribution is 2.24. The molecule has 0 bridgehead atoms. The van der Waals surface area contributed by atoms with Crippen molar-refractivity contribution in [2.45, 2.75) is 23.8 Å². The first-order valence-corrected chi connectivity index (χ1v) is 8.50. The summed E-state index contributed by atoms with van der Waals surface area (Å²) in [5.41, 5.74) is 5.97. The lowest BCUT2D eigenvalue weighted by Crippen LogP contribution is -2.34. The molecule has 21 heavy (non-hydrogen) atoms. The summed E-state index contributed by atoms with van der Waals surface area (Å²) < 4.78 is 27.1. The lowest BCUT2D eigenvalue weighted by atomic mass is 10.2. The van der Waals surface area contributed by atoms with Crippen LogP contribution in [0.4, 0.5) is 0 Å². The molecule has 2 rings (SSSR count). The van der Waals surface area contributed by atoms with Crippen LogP contribution in [0.25, 0.3) is 0 Å². The second-order valence-electron chi connectivity index (χ2n) is 5.14. The summed E-state index contributed by atoms with van der Waals surface area (Å²) in [6, 6.07) is 7.22. The molecule has 1 aromatic rings. The zero-order valence-electron chi connectivity index (χ0n) is 12.2. The third kappa shape index (κ3) is 4.83. The molecule has 1 fully saturated rings. The molecule has 1 aliphatic rings. The Hall–Kier alpha value is -1.39. The van der Waals surface area contributed by atoms with Crippen LogP contribution in [0.15, 0.2) is 29.2 Å². The van der Waals surface area contributed by atoms with E-state index in [0.29, 0.717) is 18.2 Å². The third-order valence-electron chi connectivity index (χ3n) is 3.41. The molecule has 0 saturated heterocycles. The van der Waals surface area contributed by atoms with E-state index in [9.17, 15) is 8.42 Å². The van der Waals surface area contributed by atoms with Crippen LogP contribution in [0.2, 0.25) is 0 Å². The summed E-state index contributed by atoms with van der Waals surface area (Å²) in [5, 5.41) is 0. The van der Waals surface area contributed by atoms with Crippen LogP contribution in [0, 0.1) is 11.8 Å². The number of nitrogens with one attached hydrogen (secondary N) is 1. The second-order valence-corrected chi connectivity index (χ2v) is 6.91. The van der Waals surface area contributed by atoms with Crippen molar-refractivity contribution in [2.24, 2.45) is 5.73 Å². The van der Waals surface area contributed by atoms with E-state index in [-0.39, 0.29) is 11.4 Å². The van der Waals surface area contributed by atoms with Gasteiger partial charge < -0.3 is 10.6 Å². The van der Waals surface area contributed by atoms with Crippen molar-refractivity contribution >= 4 is 10.0 Å². The molecular formula is C15H21N3O2S. The highest BCUT2D eigenvalue weighted by atomic mass is 32.2. The maximum Gasteiger partial charge on any atom is 0.240 e. The van der Waals surface area contributed by atoms with Gasteiger partial charge in [0.2, 0.25) is 10.0 Å². The summed E-state index contributed by atoms with van der Waals surface area (Å²) in [5.74, 6) is 5.56. The van der Waals surface area contributed by atoms with E-state index in [4.69, 9.17) is 5.73 Å². The Morgan fingerprint density at radius 3 is 2.86 bits per heavy atom. The summed E-state index contributed by atoms with van der Waals surface area (Å²) >= 11 is 0. The first-order chi connectivity index (χ1) is 10.0. The van der Waals surface area contributed by atoms with Crippen LogP contribution in [-0.4, -0.2) is 46.0 Å². The molecule has 1 aliphatic carbocycles. The van der Waals surface area contributed by atoms with E-state index in [1.54, 1.807) is 24.3 Å². The zero-order valence-corrected chi connectivity index (χ0v) is 13.0. The minimum atomic E-state index is -3.48. The fourth-order valence-corrected chi connectivity index (χ4v) is 3.10. The summed E-state index contributed by atoms with van der Waals surface area (Å²) in [6.07, 6.45) is 2.43. The summed E-state index contributed by atoms with van der Waals surface area (Å²) in [6.45, 7) is 1.38. The molecule has 0 aromatic heterocycles. The Bertz CT molecular complexity index is 642. The number of sulfonamides is 1. The van der Waals surface area contributed by atoms with Crippen LogP contribution in [0.5, 0.6) is 0 Å². The first kappa shape index (κ1) is 16.0. The lowest BCUT2D eigenvalue weighted by molar-refractivity contribution is 0.329. The van der Waals surface area contributed by atoms with E-state index in [1.807, 2.05) is 7.05 Å². The molecule has 1 aromatic carbocycles. The van der Waals surface area contributed by atoms with Gasteiger partial charge in [-0.05, 0) is 38.1 Å². The van der Waals surface area contributed by atoms with Gasteiger partial charge in [-0.2, -0.15) is 0 Å². The third-order valence-corrected chi connectivity index (χ3v) is 4.86. The fourth-order valence-electron chi connectivity index (χ4n) is 2.03. The Labute approximate surface area is 126 Å². The monoisotopic (exact) mass is 307 g/mol. The van der Waals surface area contributed by atoms with E-state index in [0.717, 1.165) is 6.54 Å². The molecule has 0 radical (unpaired) electrons. The van der Waals surface area contributed by atoms with Gasteiger partial charge in [-0.15, -0.1) is 0 Å². The van der Waals surface area contributed by atoms with E-state index in [1.165, 1.54) is 12.8 Å². The van der Waals surface area contributed by atoms with E-state index >= 15 is 0 Å². The average molecular weight is 307 g/mol. The molecule has 114 valence electrons. The standard InChI is InChI=1S/C15H21N3O2S/c1-18(14-7-8-14)11-10-17-21(19,20)15-6-2-4-13(12-15)5-3-9-16/h2,4,6,12,14,17H,7-11,16H2,1H3. The fraction of sp³-hybridized carbons (Fsp3) is 0.467. The average Bonchev–Trinajstić information content (AvgIpc) is 3.30. The van der Waals surface area contributed by atoms with Crippen LogP contribution >= 0.6 is 0 Å². The van der Waals surface area contributed by atoms with Gasteiger partial charge in [0, 0.05) is 24.7 Å². The lowest BCUT2D eigenvalue weighted by Gasteiger charge is -2.15. The first-order valence-electron chi connectivity index (χ1n) is 7.02. The maximum atomic E-state index is 12.2. The highest BCUT2D eigenvalue weighted by molar-refractivity contribution is 7.89. The van der Waals surface area contributed by atoms with Gasteiger partial charge in [0.05, 0.1) is 11.4 Å². The van der Waals surface area contributed by atoms with Crippen molar-refractivity contribution in [2.75, 3.05) is 26.7 Å². The minimum absolute atomic E-state index is 0.236. The molecule has 0 atom stereocenters. The van der Waals surface area contributed by atoms with Crippen molar-refractivity contribution < 1.29 is 8.42 Å². The van der Waals surface area contributed by atoms with Crippen molar-refractivity contribution in [1.29, 1.82) is 0 Å². The minimum Gasteiger partial charge on any atom is -0.320 e. The van der Waals surface area contributed by atoms with Gasteiger partial charge in [0.15, 0.2) is 0 Å². The van der Waals surface area contributed by atoms with Crippen LogP contribution < -0.4 is 10.5 Å². The maximum absolute atomic E-state index is 12.2. The van der Waals surface area contributed by atoms with Gasteiger partial charge >= 0.3 is 0 Å². The summed E-state index contributed by atoms with van der Waals surface area (Å²) in [7, 11) is -1.46. The van der Waals surface area contributed by atoms with Gasteiger partial charge in [0.25, 0.3) is 0 Å². The highest BCUT2D eigenvalue weighted by Gasteiger charge is 2.25. The van der Waals surface area contributed by atoms with Crippen LogP contribution in [0.3, 0.4) is 0 Å².